The summed E-state index contributed by atoms with van der Waals surface area (Å²) in [5.41, 5.74) is 4.85. The number of ketones is 1. The van der Waals surface area contributed by atoms with Crippen LogP contribution in [0.5, 0.6) is 0 Å². The van der Waals surface area contributed by atoms with E-state index in [0.29, 0.717) is 12.2 Å². The standard InChI is InChI=1S/C15H14O/c16-15-10-9-11-5-1-2-6-12(11)13-7-3-4-8-14(13)15/h1-2,4-6,8H,3,7,9-10H2. The van der Waals surface area contributed by atoms with Crippen LogP contribution in [0.4, 0.5) is 0 Å². The van der Waals surface area contributed by atoms with Gasteiger partial charge in [0.25, 0.3) is 0 Å². The van der Waals surface area contributed by atoms with Gasteiger partial charge in [-0.05, 0) is 36.0 Å². The number of fused-ring (bicyclic) bond motifs is 2. The summed E-state index contributed by atoms with van der Waals surface area (Å²) in [5.74, 6) is 0.308. The molecule has 0 bridgehead atoms. The van der Waals surface area contributed by atoms with E-state index in [1.165, 1.54) is 16.7 Å². The minimum Gasteiger partial charge on any atom is -0.294 e. The van der Waals surface area contributed by atoms with Crippen molar-refractivity contribution in [1.82, 2.24) is 0 Å². The second-order valence-electron chi connectivity index (χ2n) is 4.41. The zero-order chi connectivity index (χ0) is 11.0. The molecule has 0 unspecified atom stereocenters. The van der Waals surface area contributed by atoms with Crippen LogP contribution in [0.25, 0.3) is 5.57 Å². The Labute approximate surface area is 95.5 Å². The van der Waals surface area contributed by atoms with Crippen molar-refractivity contribution in [1.29, 1.82) is 0 Å². The number of carbonyl (C=O) groups is 1. The van der Waals surface area contributed by atoms with Gasteiger partial charge in [0.05, 0.1) is 0 Å². The fraction of sp³-hybridized carbons (Fsp3) is 0.267. The van der Waals surface area contributed by atoms with E-state index >= 15 is 0 Å². The third-order valence-corrected chi connectivity index (χ3v) is 3.43. The van der Waals surface area contributed by atoms with Crippen LogP contribution in [0.1, 0.15) is 30.4 Å². The Morgan fingerprint density at radius 2 is 1.88 bits per heavy atom. The fourth-order valence-corrected chi connectivity index (χ4v) is 2.62. The highest BCUT2D eigenvalue weighted by molar-refractivity contribution is 6.06. The predicted octanol–water partition coefficient (Wildman–Crippen LogP) is 3.31. The van der Waals surface area contributed by atoms with Gasteiger partial charge in [-0.25, -0.2) is 0 Å². The number of benzene rings is 1. The van der Waals surface area contributed by atoms with E-state index in [-0.39, 0.29) is 0 Å². The summed E-state index contributed by atoms with van der Waals surface area (Å²) in [4.78, 5) is 12.0. The lowest BCUT2D eigenvalue weighted by Crippen LogP contribution is -2.03. The molecule has 0 radical (unpaired) electrons. The van der Waals surface area contributed by atoms with E-state index in [1.807, 2.05) is 6.08 Å². The zero-order valence-corrected chi connectivity index (χ0v) is 9.20. The molecular formula is C15H14O. The van der Waals surface area contributed by atoms with Crippen LogP contribution in [0.15, 0.2) is 42.0 Å². The van der Waals surface area contributed by atoms with Gasteiger partial charge in [-0.3, -0.25) is 4.79 Å². The third-order valence-electron chi connectivity index (χ3n) is 3.43. The van der Waals surface area contributed by atoms with Crippen molar-refractivity contribution in [2.75, 3.05) is 0 Å². The topological polar surface area (TPSA) is 17.1 Å². The van der Waals surface area contributed by atoms with Gasteiger partial charge in [-0.15, -0.1) is 0 Å². The molecule has 0 fully saturated rings. The second kappa shape index (κ2) is 3.75. The van der Waals surface area contributed by atoms with Crippen molar-refractivity contribution in [3.05, 3.63) is 53.1 Å². The first-order valence-corrected chi connectivity index (χ1v) is 5.87. The molecule has 0 heterocycles. The Bertz CT molecular complexity index is 506. The van der Waals surface area contributed by atoms with Crippen LogP contribution in [-0.4, -0.2) is 5.78 Å². The highest BCUT2D eigenvalue weighted by Crippen LogP contribution is 2.34. The number of carbonyl (C=O) groups excluding carboxylic acids is 1. The van der Waals surface area contributed by atoms with Gasteiger partial charge in [-0.1, -0.05) is 36.4 Å². The lowest BCUT2D eigenvalue weighted by atomic mass is 9.89. The highest BCUT2D eigenvalue weighted by Gasteiger charge is 2.22. The predicted molar refractivity (Wildman–Crippen MR) is 65.1 cm³/mol. The van der Waals surface area contributed by atoms with Crippen molar-refractivity contribution in [2.24, 2.45) is 0 Å². The van der Waals surface area contributed by atoms with Crippen molar-refractivity contribution < 1.29 is 4.79 Å². The molecule has 1 nitrogen and oxygen atoms in total. The number of allylic oxidation sites excluding steroid dienone is 4. The quantitative estimate of drug-likeness (QED) is 0.642. The lowest BCUT2D eigenvalue weighted by Gasteiger charge is -2.14. The molecule has 0 spiro atoms. The average molecular weight is 210 g/mol. The number of rotatable bonds is 0. The summed E-state index contributed by atoms with van der Waals surface area (Å²) >= 11 is 0. The Morgan fingerprint density at radius 3 is 2.81 bits per heavy atom. The fourth-order valence-electron chi connectivity index (χ4n) is 2.62. The van der Waals surface area contributed by atoms with Gasteiger partial charge in [-0.2, -0.15) is 0 Å². The minimum atomic E-state index is 0.308. The monoisotopic (exact) mass is 210 g/mol. The molecule has 16 heavy (non-hydrogen) atoms. The molecule has 2 aliphatic carbocycles. The van der Waals surface area contributed by atoms with Gasteiger partial charge >= 0.3 is 0 Å². The van der Waals surface area contributed by atoms with Crippen LogP contribution >= 0.6 is 0 Å². The maximum absolute atomic E-state index is 12.0. The molecule has 0 atom stereocenters. The molecule has 0 aromatic heterocycles. The molecule has 0 saturated carbocycles. The first kappa shape index (κ1) is 9.59. The molecular weight excluding hydrogens is 196 g/mol. The van der Waals surface area contributed by atoms with E-state index in [2.05, 4.69) is 30.3 Å². The summed E-state index contributed by atoms with van der Waals surface area (Å²) in [6.07, 6.45) is 7.74. The van der Waals surface area contributed by atoms with E-state index in [0.717, 1.165) is 24.8 Å². The number of hydrogen-bond acceptors (Lipinski definition) is 1. The first-order chi connectivity index (χ1) is 7.86. The van der Waals surface area contributed by atoms with E-state index < -0.39 is 0 Å². The van der Waals surface area contributed by atoms with E-state index in [1.54, 1.807) is 0 Å². The van der Waals surface area contributed by atoms with Gasteiger partial charge in [0.15, 0.2) is 5.78 Å². The largest absolute Gasteiger partial charge is 0.294 e. The minimum absolute atomic E-state index is 0.308. The van der Waals surface area contributed by atoms with Crippen LogP contribution < -0.4 is 0 Å². The summed E-state index contributed by atoms with van der Waals surface area (Å²) in [5, 5.41) is 0. The van der Waals surface area contributed by atoms with Gasteiger partial charge < -0.3 is 0 Å². The molecule has 3 rings (SSSR count). The van der Waals surface area contributed by atoms with Gasteiger partial charge in [0, 0.05) is 12.0 Å². The lowest BCUT2D eigenvalue weighted by molar-refractivity contribution is -0.115. The Morgan fingerprint density at radius 1 is 1.00 bits per heavy atom. The molecule has 0 aliphatic heterocycles. The smallest absolute Gasteiger partial charge is 0.163 e. The Balaban J connectivity index is 2.23. The molecule has 1 aromatic rings. The molecule has 1 aromatic carbocycles. The zero-order valence-electron chi connectivity index (χ0n) is 9.20. The van der Waals surface area contributed by atoms with Gasteiger partial charge in [0.1, 0.15) is 0 Å². The van der Waals surface area contributed by atoms with E-state index in [9.17, 15) is 4.79 Å². The number of aryl methyl sites for hydroxylation is 1. The molecule has 1 heteroatoms. The summed E-state index contributed by atoms with van der Waals surface area (Å²) in [6.45, 7) is 0. The Hall–Kier alpha value is -1.63. The van der Waals surface area contributed by atoms with E-state index in [4.69, 9.17) is 0 Å². The van der Waals surface area contributed by atoms with Crippen LogP contribution in [0.3, 0.4) is 0 Å². The van der Waals surface area contributed by atoms with Crippen LogP contribution in [0, 0.1) is 0 Å². The van der Waals surface area contributed by atoms with Crippen molar-refractivity contribution >= 4 is 11.4 Å². The molecule has 0 amide bonds. The average Bonchev–Trinajstić information content (AvgIpc) is 2.49. The molecule has 2 aliphatic rings. The van der Waals surface area contributed by atoms with Crippen LogP contribution in [0.2, 0.25) is 0 Å². The van der Waals surface area contributed by atoms with Crippen LogP contribution in [-0.2, 0) is 11.2 Å². The summed E-state index contributed by atoms with van der Waals surface area (Å²) in [6, 6.07) is 8.43. The third kappa shape index (κ3) is 1.44. The number of hydrogen-bond donors (Lipinski definition) is 0. The summed E-state index contributed by atoms with van der Waals surface area (Å²) < 4.78 is 0. The molecule has 80 valence electrons. The Kier molecular flexibility index (Phi) is 2.24. The number of Topliss-reactive ketones (excluding diaryl/α,β-unsaturated/α-hetero) is 1. The van der Waals surface area contributed by atoms with Crippen molar-refractivity contribution in [2.45, 2.75) is 25.7 Å². The highest BCUT2D eigenvalue weighted by atomic mass is 16.1. The SMILES string of the molecule is O=C1CCc2ccccc2C2=C1C=CCC2. The normalized spacial score (nSPS) is 19.1. The molecule has 0 saturated heterocycles. The van der Waals surface area contributed by atoms with Crippen molar-refractivity contribution in [3.8, 4) is 0 Å². The van der Waals surface area contributed by atoms with Crippen molar-refractivity contribution in [3.63, 3.8) is 0 Å². The molecule has 0 N–H and O–H groups in total. The van der Waals surface area contributed by atoms with Gasteiger partial charge in [0.2, 0.25) is 0 Å². The maximum Gasteiger partial charge on any atom is 0.163 e. The summed E-state index contributed by atoms with van der Waals surface area (Å²) in [7, 11) is 0. The second-order valence-corrected chi connectivity index (χ2v) is 4.41. The maximum atomic E-state index is 12.0. The first-order valence-electron chi connectivity index (χ1n) is 5.87.